The van der Waals surface area contributed by atoms with Crippen LogP contribution in [0.25, 0.3) is 9.69 Å². The molecule has 0 saturated heterocycles. The topological polar surface area (TPSA) is 165 Å². The monoisotopic (exact) mass is 448 g/mol. The number of methoxy groups -OCH3 is 1. The summed E-state index contributed by atoms with van der Waals surface area (Å²) in [4.78, 5) is 20.8. The fraction of sp³-hybridized carbons (Fsp3) is 0.375. The Balaban J connectivity index is -0.000000349. The summed E-state index contributed by atoms with van der Waals surface area (Å²) < 4.78 is 4.75. The van der Waals surface area contributed by atoms with Crippen molar-refractivity contribution < 1.29 is 66.3 Å². The maximum atomic E-state index is 10.1. The molecule has 29 heavy (non-hydrogen) atoms. The molecule has 2 heterocycles. The van der Waals surface area contributed by atoms with Gasteiger partial charge < -0.3 is 36.1 Å². The Labute approximate surface area is 217 Å². The van der Waals surface area contributed by atoms with Gasteiger partial charge in [0.05, 0.1) is 7.11 Å². The first-order valence-corrected chi connectivity index (χ1v) is 7.74. The summed E-state index contributed by atoms with van der Waals surface area (Å²) in [6, 6.07) is 0. The van der Waals surface area contributed by atoms with Gasteiger partial charge in [-0.25, -0.2) is 9.97 Å². The number of ether oxygens (including phenoxy) is 1. The maximum absolute atomic E-state index is 10.1. The number of hydrogen-bond donors (Lipinski definition) is 3. The third kappa shape index (κ3) is 17.0. The molecule has 0 bridgehead atoms. The van der Waals surface area contributed by atoms with Crippen LogP contribution in [0, 0.1) is 13.1 Å². The molecule has 5 N–H and O–H groups in total. The van der Waals surface area contributed by atoms with E-state index in [0.717, 1.165) is 7.11 Å². The summed E-state index contributed by atoms with van der Waals surface area (Å²) >= 11 is 5.46. The second-order valence-corrected chi connectivity index (χ2v) is 5.73. The third-order valence-electron chi connectivity index (χ3n) is 1.88. The fourth-order valence-corrected chi connectivity index (χ4v) is 1.23. The molecule has 2 aromatic heterocycles. The minimum Gasteiger partial charge on any atom is -0.850 e. The average molecular weight is 449 g/mol. The Morgan fingerprint density at radius 1 is 1.03 bits per heavy atom. The number of anilines is 2. The van der Waals surface area contributed by atoms with Gasteiger partial charge in [0.1, 0.15) is 0 Å². The van der Waals surface area contributed by atoms with Crippen LogP contribution >= 0.6 is 11.6 Å². The molecule has 0 aromatic carbocycles. The van der Waals surface area contributed by atoms with Crippen molar-refractivity contribution >= 4 is 34.9 Å². The van der Waals surface area contributed by atoms with Crippen LogP contribution in [0.2, 0.25) is 5.15 Å². The molecule has 0 aliphatic rings. The van der Waals surface area contributed by atoms with Gasteiger partial charge in [0.2, 0.25) is 5.88 Å². The van der Waals surface area contributed by atoms with Gasteiger partial charge in [0, 0.05) is 7.11 Å². The van der Waals surface area contributed by atoms with Crippen molar-refractivity contribution in [2.24, 2.45) is 0 Å². The van der Waals surface area contributed by atoms with Gasteiger partial charge in [-0.2, -0.15) is 0 Å². The quantitative estimate of drug-likeness (QED) is 0.352. The standard InChI is InChI=1S/C6H6N4O.C5H3ClN4.C4H9O.CH4O.K/c1-8-5-6(11-2)10-4(7)3-9-5;1-8-5-4(6)10-3(7)2-9-5;1-4(2,3)5;1-2;/h3H,2H3,(H2,7,10);2H,(H2,7,10);1-3H3;2H,1H3;/q;;-1;;+1. The molecule has 0 atom stereocenters. The third-order valence-corrected chi connectivity index (χ3v) is 2.13. The SMILES string of the molecule is CC(C)(C)[O-].CO.[C-]#[N+]c1ncc(N)nc1Cl.[C-]#[N+]c1ncc(N)nc1OC.[K+]. The van der Waals surface area contributed by atoms with Gasteiger partial charge >= 0.3 is 63.0 Å². The van der Waals surface area contributed by atoms with Gasteiger partial charge in [0.15, 0.2) is 29.2 Å². The molecule has 0 aliphatic carbocycles. The van der Waals surface area contributed by atoms with Crippen LogP contribution in [0.1, 0.15) is 20.8 Å². The van der Waals surface area contributed by atoms with Crippen molar-refractivity contribution in [3.8, 4) is 5.88 Å². The van der Waals surface area contributed by atoms with E-state index < -0.39 is 5.60 Å². The fourth-order valence-electron chi connectivity index (χ4n) is 1.04. The van der Waals surface area contributed by atoms with Crippen molar-refractivity contribution in [2.75, 3.05) is 25.7 Å². The van der Waals surface area contributed by atoms with Gasteiger partial charge in [0.25, 0.3) is 0 Å². The molecule has 0 unspecified atom stereocenters. The number of rotatable bonds is 1. The summed E-state index contributed by atoms with van der Waals surface area (Å²) in [5.74, 6) is 0.837. The van der Waals surface area contributed by atoms with E-state index in [1.54, 1.807) is 20.8 Å². The molecule has 0 amide bonds. The minimum absolute atomic E-state index is 0. The molecule has 0 radical (unpaired) electrons. The number of halogens is 1. The predicted octanol–water partition coefficient (Wildman–Crippen LogP) is -1.36. The number of nitrogens with two attached hydrogens (primary N) is 2. The number of aromatic nitrogens is 4. The smallest absolute Gasteiger partial charge is 0.850 e. The Hall–Kier alpha value is -1.61. The van der Waals surface area contributed by atoms with Crippen molar-refractivity contribution in [1.29, 1.82) is 0 Å². The number of aliphatic hydroxyl groups excluding tert-OH is 1. The van der Waals surface area contributed by atoms with E-state index in [0.29, 0.717) is 0 Å². The first kappa shape index (κ1) is 32.1. The molecule has 2 rings (SSSR count). The zero-order chi connectivity index (χ0) is 22.3. The number of nitrogens with zero attached hydrogens (tertiary/aromatic N) is 6. The number of hydrogen-bond acceptors (Lipinski definition) is 9. The second kappa shape index (κ2) is 17.3. The van der Waals surface area contributed by atoms with Crippen LogP contribution < -0.4 is 72.7 Å². The van der Waals surface area contributed by atoms with Gasteiger partial charge in [-0.3, -0.25) is 0 Å². The van der Waals surface area contributed by atoms with Crippen LogP contribution in [0.5, 0.6) is 5.88 Å². The molecule has 2 aromatic rings. The van der Waals surface area contributed by atoms with E-state index in [-0.39, 0.29) is 85.7 Å². The summed E-state index contributed by atoms with van der Waals surface area (Å²) in [6.45, 7) is 18.1. The molecule has 0 aliphatic heterocycles. The zero-order valence-electron chi connectivity index (χ0n) is 17.1. The molecule has 13 heteroatoms. The molecule has 0 saturated carbocycles. The summed E-state index contributed by atoms with van der Waals surface area (Å²) in [5, 5.41) is 17.2. The summed E-state index contributed by atoms with van der Waals surface area (Å²) in [5.41, 5.74) is 9.77. The van der Waals surface area contributed by atoms with Crippen molar-refractivity contribution in [3.63, 3.8) is 0 Å². The predicted molar refractivity (Wildman–Crippen MR) is 105 cm³/mol. The average Bonchev–Trinajstić information content (AvgIpc) is 2.62. The Bertz CT molecular complexity index is 813. The zero-order valence-corrected chi connectivity index (χ0v) is 21.0. The summed E-state index contributed by atoms with van der Waals surface area (Å²) in [7, 11) is 2.41. The Kier molecular flexibility index (Phi) is 19.1. The molecule has 11 nitrogen and oxygen atoms in total. The first-order chi connectivity index (χ1) is 13.0. The van der Waals surface area contributed by atoms with Crippen LogP contribution in [-0.2, 0) is 0 Å². The molecule has 0 spiro atoms. The van der Waals surface area contributed by atoms with Crippen LogP contribution in [-0.4, -0.2) is 44.9 Å². The van der Waals surface area contributed by atoms with E-state index in [9.17, 15) is 5.11 Å². The van der Waals surface area contributed by atoms with E-state index in [2.05, 4.69) is 29.6 Å². The molecule has 152 valence electrons. The van der Waals surface area contributed by atoms with Crippen LogP contribution in [0.4, 0.5) is 23.3 Å². The first-order valence-electron chi connectivity index (χ1n) is 7.36. The van der Waals surface area contributed by atoms with Crippen LogP contribution in [0.15, 0.2) is 12.4 Å². The van der Waals surface area contributed by atoms with E-state index in [4.69, 9.17) is 46.1 Å². The van der Waals surface area contributed by atoms with Crippen molar-refractivity contribution in [1.82, 2.24) is 19.9 Å². The van der Waals surface area contributed by atoms with Crippen molar-refractivity contribution in [3.05, 3.63) is 40.4 Å². The molecule has 0 fully saturated rings. The Morgan fingerprint density at radius 3 is 1.76 bits per heavy atom. The van der Waals surface area contributed by atoms with E-state index in [1.165, 1.54) is 19.5 Å². The van der Waals surface area contributed by atoms with Gasteiger partial charge in [-0.1, -0.05) is 45.5 Å². The largest absolute Gasteiger partial charge is 1.00 e. The number of aliphatic hydroxyl groups is 1. The van der Waals surface area contributed by atoms with E-state index in [1.807, 2.05) is 0 Å². The van der Waals surface area contributed by atoms with Crippen LogP contribution in [0.3, 0.4) is 0 Å². The maximum Gasteiger partial charge on any atom is 1.00 e. The Morgan fingerprint density at radius 2 is 1.41 bits per heavy atom. The van der Waals surface area contributed by atoms with Gasteiger partial charge in [-0.05, 0) is 0 Å². The van der Waals surface area contributed by atoms with Gasteiger partial charge in [-0.15, -0.1) is 15.6 Å². The normalized spacial score (nSPS) is 8.62. The minimum atomic E-state index is -0.750. The molecular formula is C16H22ClKN8O3. The van der Waals surface area contributed by atoms with E-state index >= 15 is 0 Å². The molecular weight excluding hydrogens is 427 g/mol. The summed E-state index contributed by atoms with van der Waals surface area (Å²) in [6.07, 6.45) is 2.61. The van der Waals surface area contributed by atoms with Crippen molar-refractivity contribution in [2.45, 2.75) is 26.4 Å². The number of nitrogen functional groups attached to an aromatic ring is 2. The second-order valence-electron chi connectivity index (χ2n) is 5.37.